The number of para-hydroxylation sites is 1. The Labute approximate surface area is 126 Å². The Morgan fingerprint density at radius 1 is 1.15 bits per heavy atom. The smallest absolute Gasteiger partial charge is 0.100 e. The normalized spacial score (nSPS) is 14.7. The molecular weight excluding hydrogens is 264 g/mol. The van der Waals surface area contributed by atoms with Crippen molar-refractivity contribution in [2.75, 3.05) is 0 Å². The van der Waals surface area contributed by atoms with Crippen molar-refractivity contribution in [2.24, 2.45) is 11.7 Å². The van der Waals surface area contributed by atoms with Gasteiger partial charge < -0.3 is 5.73 Å². The van der Waals surface area contributed by atoms with Crippen LogP contribution in [0.1, 0.15) is 33.3 Å². The van der Waals surface area contributed by atoms with E-state index in [4.69, 9.17) is 10.7 Å². The van der Waals surface area contributed by atoms with Gasteiger partial charge in [-0.25, -0.2) is 4.98 Å². The van der Waals surface area contributed by atoms with Crippen LogP contribution in [0.25, 0.3) is 10.9 Å². The lowest BCUT2D eigenvalue weighted by molar-refractivity contribution is 0.640. The van der Waals surface area contributed by atoms with Gasteiger partial charge in [0.25, 0.3) is 0 Å². The summed E-state index contributed by atoms with van der Waals surface area (Å²) in [7, 11) is 0. The molecule has 0 aliphatic heterocycles. The first kappa shape index (κ1) is 15.3. The van der Waals surface area contributed by atoms with Crippen LogP contribution in [-0.4, -0.2) is 16.3 Å². The van der Waals surface area contributed by atoms with E-state index in [1.54, 1.807) is 0 Å². The van der Waals surface area contributed by atoms with E-state index >= 15 is 0 Å². The fourth-order valence-electron chi connectivity index (χ4n) is 2.05. The van der Waals surface area contributed by atoms with Crippen molar-refractivity contribution in [3.05, 3.63) is 35.9 Å². The fourth-order valence-corrected chi connectivity index (χ4v) is 3.12. The second-order valence-electron chi connectivity index (χ2n) is 5.89. The van der Waals surface area contributed by atoms with Gasteiger partial charge in [-0.15, -0.1) is 11.8 Å². The van der Waals surface area contributed by atoms with E-state index in [-0.39, 0.29) is 6.04 Å². The lowest BCUT2D eigenvalue weighted by atomic mass is 10.1. The Bertz CT molecular complexity index is 578. The van der Waals surface area contributed by atoms with Gasteiger partial charge >= 0.3 is 0 Å². The minimum absolute atomic E-state index is 0.159. The number of nitrogens with zero attached hydrogens (tertiary/aromatic N) is 1. The maximum absolute atomic E-state index is 5.99. The summed E-state index contributed by atoms with van der Waals surface area (Å²) in [5.41, 5.74) is 8.33. The number of rotatable bonds is 5. The molecule has 2 aromatic rings. The Morgan fingerprint density at radius 2 is 1.85 bits per heavy atom. The summed E-state index contributed by atoms with van der Waals surface area (Å²) in [6.45, 7) is 8.82. The molecule has 1 aromatic heterocycles. The number of hydrogen-bond donors (Lipinski definition) is 1. The van der Waals surface area contributed by atoms with Crippen LogP contribution >= 0.6 is 11.8 Å². The summed E-state index contributed by atoms with van der Waals surface area (Å²) >= 11 is 1.87. The molecule has 2 nitrogen and oxygen atoms in total. The molecule has 20 heavy (non-hydrogen) atoms. The van der Waals surface area contributed by atoms with Crippen LogP contribution in [0, 0.1) is 5.92 Å². The number of nitrogens with two attached hydrogens (primary N) is 1. The molecule has 2 rings (SSSR count). The van der Waals surface area contributed by atoms with E-state index in [1.165, 1.54) is 10.9 Å². The molecular formula is C17H24N2S. The minimum atomic E-state index is 0.159. The highest BCUT2D eigenvalue weighted by Crippen LogP contribution is 2.31. The highest BCUT2D eigenvalue weighted by Gasteiger charge is 2.15. The van der Waals surface area contributed by atoms with Crippen molar-refractivity contribution in [1.29, 1.82) is 0 Å². The summed E-state index contributed by atoms with van der Waals surface area (Å²) in [5.74, 6) is 0.636. The highest BCUT2D eigenvalue weighted by molar-refractivity contribution is 7.99. The first-order valence-corrected chi connectivity index (χ1v) is 8.16. The molecule has 0 bridgehead atoms. The first-order chi connectivity index (χ1) is 9.47. The quantitative estimate of drug-likeness (QED) is 0.835. The Kier molecular flexibility index (Phi) is 5.06. The van der Waals surface area contributed by atoms with Crippen LogP contribution in [0.2, 0.25) is 0 Å². The van der Waals surface area contributed by atoms with Crippen LogP contribution in [0.4, 0.5) is 0 Å². The van der Waals surface area contributed by atoms with E-state index in [1.807, 2.05) is 17.8 Å². The number of fused-ring (bicyclic) bond motifs is 1. The fraction of sp³-hybridized carbons (Fsp3) is 0.471. The molecule has 0 spiro atoms. The third-order valence-electron chi connectivity index (χ3n) is 3.54. The number of pyridine rings is 1. The molecule has 0 saturated carbocycles. The van der Waals surface area contributed by atoms with Crippen molar-refractivity contribution in [2.45, 2.75) is 50.4 Å². The summed E-state index contributed by atoms with van der Waals surface area (Å²) in [6, 6.07) is 10.7. The van der Waals surface area contributed by atoms with E-state index in [0.29, 0.717) is 11.2 Å². The lowest BCUT2D eigenvalue weighted by Gasteiger charge is -2.18. The maximum atomic E-state index is 5.99. The second kappa shape index (κ2) is 6.59. The van der Waals surface area contributed by atoms with Crippen molar-refractivity contribution < 1.29 is 0 Å². The van der Waals surface area contributed by atoms with Gasteiger partial charge in [-0.2, -0.15) is 0 Å². The van der Waals surface area contributed by atoms with Crippen LogP contribution in [0.15, 0.2) is 35.4 Å². The highest BCUT2D eigenvalue weighted by atomic mass is 32.2. The molecule has 2 atom stereocenters. The van der Waals surface area contributed by atoms with Crippen LogP contribution in [0.5, 0.6) is 0 Å². The topological polar surface area (TPSA) is 38.9 Å². The summed E-state index contributed by atoms with van der Waals surface area (Å²) in [4.78, 5) is 4.86. The minimum Gasteiger partial charge on any atom is -0.328 e. The van der Waals surface area contributed by atoms with Crippen molar-refractivity contribution in [3.63, 3.8) is 0 Å². The van der Waals surface area contributed by atoms with Gasteiger partial charge in [-0.05, 0) is 37.0 Å². The van der Waals surface area contributed by atoms with E-state index in [2.05, 4.69) is 52.0 Å². The molecule has 0 aliphatic carbocycles. The third kappa shape index (κ3) is 3.74. The molecule has 2 N–H and O–H groups in total. The molecule has 0 saturated heterocycles. The van der Waals surface area contributed by atoms with E-state index < -0.39 is 0 Å². The Balaban J connectivity index is 2.42. The summed E-state index contributed by atoms with van der Waals surface area (Å²) < 4.78 is 0. The Hall–Kier alpha value is -1.06. The zero-order valence-electron chi connectivity index (χ0n) is 12.8. The van der Waals surface area contributed by atoms with Crippen LogP contribution in [-0.2, 0) is 6.42 Å². The summed E-state index contributed by atoms with van der Waals surface area (Å²) in [6.07, 6.45) is 0.880. The number of thioether (sulfide) groups is 1. The predicted octanol–water partition coefficient (Wildman–Crippen LogP) is 4.26. The zero-order valence-corrected chi connectivity index (χ0v) is 13.6. The average molecular weight is 288 g/mol. The van der Waals surface area contributed by atoms with Gasteiger partial charge in [-0.1, -0.05) is 39.0 Å². The summed E-state index contributed by atoms with van der Waals surface area (Å²) in [5, 5.41) is 2.89. The number of aromatic nitrogens is 1. The largest absolute Gasteiger partial charge is 0.328 e. The van der Waals surface area contributed by atoms with Crippen molar-refractivity contribution in [1.82, 2.24) is 4.98 Å². The maximum Gasteiger partial charge on any atom is 0.100 e. The van der Waals surface area contributed by atoms with E-state index in [0.717, 1.165) is 17.0 Å². The molecule has 1 aromatic carbocycles. The van der Waals surface area contributed by atoms with Gasteiger partial charge in [0.1, 0.15) is 5.03 Å². The standard InChI is InChI=1S/C17H24N2S/c1-11(2)13(4)20-17-15(9-12(3)18)10-14-7-5-6-8-16(14)19-17/h5-8,10-13H,9,18H2,1-4H3. The van der Waals surface area contributed by atoms with E-state index in [9.17, 15) is 0 Å². The third-order valence-corrected chi connectivity index (χ3v) is 5.03. The molecule has 0 aliphatic rings. The van der Waals surface area contributed by atoms with Crippen molar-refractivity contribution in [3.8, 4) is 0 Å². The van der Waals surface area contributed by atoms with Gasteiger partial charge in [-0.3, -0.25) is 0 Å². The van der Waals surface area contributed by atoms with Gasteiger partial charge in [0.2, 0.25) is 0 Å². The predicted molar refractivity (Wildman–Crippen MR) is 89.3 cm³/mol. The molecule has 0 radical (unpaired) electrons. The molecule has 2 unspecified atom stereocenters. The van der Waals surface area contributed by atoms with Crippen molar-refractivity contribution >= 4 is 22.7 Å². The van der Waals surface area contributed by atoms with Gasteiger partial charge in [0.15, 0.2) is 0 Å². The number of benzene rings is 1. The second-order valence-corrected chi connectivity index (χ2v) is 7.26. The van der Waals surface area contributed by atoms with Gasteiger partial charge in [0.05, 0.1) is 5.52 Å². The van der Waals surface area contributed by atoms with Crippen LogP contribution < -0.4 is 5.73 Å². The van der Waals surface area contributed by atoms with Crippen LogP contribution in [0.3, 0.4) is 0 Å². The molecule has 1 heterocycles. The monoisotopic (exact) mass is 288 g/mol. The van der Waals surface area contributed by atoms with Gasteiger partial charge in [0, 0.05) is 16.7 Å². The Morgan fingerprint density at radius 3 is 2.50 bits per heavy atom. The lowest BCUT2D eigenvalue weighted by Crippen LogP contribution is -2.19. The first-order valence-electron chi connectivity index (χ1n) is 7.28. The molecule has 0 fully saturated rings. The molecule has 3 heteroatoms. The SMILES string of the molecule is CC(N)Cc1cc2ccccc2nc1SC(C)C(C)C. The molecule has 108 valence electrons. The molecule has 0 amide bonds. The zero-order chi connectivity index (χ0) is 14.7. The average Bonchev–Trinajstić information content (AvgIpc) is 2.38. The number of hydrogen-bond acceptors (Lipinski definition) is 3.